The predicted molar refractivity (Wildman–Crippen MR) is 419 cm³/mol. The van der Waals surface area contributed by atoms with Crippen LogP contribution in [0.4, 0.5) is 5.69 Å². The summed E-state index contributed by atoms with van der Waals surface area (Å²) in [5.74, 6) is 1.73. The highest BCUT2D eigenvalue weighted by atomic mass is 32.2. The van der Waals surface area contributed by atoms with Crippen molar-refractivity contribution in [3.05, 3.63) is 148 Å². The lowest BCUT2D eigenvalue weighted by atomic mass is 9.99. The number of amides is 2. The largest absolute Gasteiger partial charge is 0.493 e. The molecule has 0 bridgehead atoms. The van der Waals surface area contributed by atoms with Crippen LogP contribution in [0.1, 0.15) is 135 Å². The molecule has 10 saturated heterocycles. The number of aliphatic hydroxyl groups excluding tert-OH is 1. The molecule has 10 fully saturated rings. The van der Waals surface area contributed by atoms with Gasteiger partial charge in [0, 0.05) is 184 Å². The number of nitro groups is 1. The maximum atomic E-state index is 12.8. The van der Waals surface area contributed by atoms with E-state index < -0.39 is 56.8 Å². The second kappa shape index (κ2) is 36.7. The number of Topliss-reactive ketones (excluding diaryl/α,β-unsaturated/α-hetero) is 2. The van der Waals surface area contributed by atoms with Crippen molar-refractivity contribution < 1.29 is 91.3 Å². The highest BCUT2D eigenvalue weighted by molar-refractivity contribution is 8.00. The summed E-state index contributed by atoms with van der Waals surface area (Å²) >= 11 is 1.72. The second-order valence-corrected chi connectivity index (χ2v) is 38.3. The molecule has 1 unspecified atom stereocenters. The van der Waals surface area contributed by atoms with E-state index in [2.05, 4.69) is 21.3 Å². The highest BCUT2D eigenvalue weighted by Gasteiger charge is 2.50. The minimum atomic E-state index is -3.69. The summed E-state index contributed by atoms with van der Waals surface area (Å²) in [5.41, 5.74) is 0.859. The zero-order valence-electron chi connectivity index (χ0n) is 64.5. The van der Waals surface area contributed by atoms with Crippen molar-refractivity contribution in [3.63, 3.8) is 0 Å². The monoisotopic (exact) mass is 1670 g/mol. The third kappa shape index (κ3) is 19.8. The second-order valence-electron chi connectivity index (χ2n) is 29.1. The topological polar surface area (TPSA) is 391 Å². The number of methoxy groups -OCH3 is 2. The Morgan fingerprint density at radius 3 is 1.23 bits per heavy atom. The number of nitro benzene ring substituents is 1. The number of aliphatic hydroxyl groups is 1. The van der Waals surface area contributed by atoms with Gasteiger partial charge in [0.2, 0.25) is 46.0 Å². The first kappa shape index (κ1) is 86.9. The number of non-ortho nitro benzene ring substituents is 1. The van der Waals surface area contributed by atoms with E-state index >= 15 is 0 Å². The van der Waals surface area contributed by atoms with Gasteiger partial charge in [-0.15, -0.1) is 11.8 Å². The number of benzene rings is 5. The molecule has 15 rings (SSSR count). The van der Waals surface area contributed by atoms with E-state index in [0.29, 0.717) is 177 Å². The molecule has 0 saturated carbocycles. The Kier molecular flexibility index (Phi) is 28.2. The number of nitrogens with zero attached hydrogens (tertiary/aromatic N) is 7. The molecule has 5 spiro atoms. The van der Waals surface area contributed by atoms with Gasteiger partial charge in [0.25, 0.3) is 11.6 Å². The number of carbonyl (C=O) groups excluding carboxylic acids is 4. The molecule has 37 heteroatoms. The van der Waals surface area contributed by atoms with Crippen LogP contribution in [0.25, 0.3) is 0 Å². The van der Waals surface area contributed by atoms with Gasteiger partial charge in [-0.05, 0) is 113 Å². The van der Waals surface area contributed by atoms with E-state index in [1.807, 2.05) is 9.80 Å². The van der Waals surface area contributed by atoms with Gasteiger partial charge in [0.05, 0.1) is 76.1 Å². The molecule has 5 N–H and O–H groups in total. The first-order valence-corrected chi connectivity index (χ1v) is 44.7. The van der Waals surface area contributed by atoms with Crippen molar-refractivity contribution in [2.45, 2.75) is 145 Å². The minimum absolute atomic E-state index is 0.00771. The number of ether oxygens (including phenoxy) is 6. The molecule has 10 aliphatic heterocycles. The van der Waals surface area contributed by atoms with Crippen LogP contribution in [0.3, 0.4) is 0 Å². The molecule has 5 aromatic rings. The van der Waals surface area contributed by atoms with Crippen LogP contribution >= 0.6 is 11.8 Å². The van der Waals surface area contributed by atoms with Crippen molar-refractivity contribution in [2.75, 3.05) is 145 Å². The molecular formula is C76H103N11O21S5. The van der Waals surface area contributed by atoms with Crippen LogP contribution in [-0.2, 0) is 63.8 Å². The number of thioether (sulfide) groups is 1. The van der Waals surface area contributed by atoms with Gasteiger partial charge in [-0.2, -0.15) is 17.2 Å². The van der Waals surface area contributed by atoms with Gasteiger partial charge in [0.1, 0.15) is 22.9 Å². The summed E-state index contributed by atoms with van der Waals surface area (Å²) in [6.07, 6.45) is 6.16. The lowest BCUT2D eigenvalue weighted by molar-refractivity contribution is -0.384. The van der Waals surface area contributed by atoms with E-state index in [0.717, 1.165) is 51.3 Å². The molecule has 113 heavy (non-hydrogen) atoms. The Bertz CT molecular complexity index is 4620. The standard InChI is InChI=1S/C16H20N2O3.C15H19N3O5S2.C15H22N2O5S.C15H22N2O4S.C15H20N2O4S/c1-12(19)13-2-4-14(5-3-13)15(20)18-10-11-21-16(18)6-8-17-9-7-16;1-12(19)17-10-11-24-15(17)6-8-16(9-7-15)25(22,23)14-4-2-13(3-5-14)18(20)21;1-20-13-4-3-12(11-14(13)21-2)23(18,19)17-8-5-15(6-9-17)16-7-10-22-15;2*1-12(18)13-2-4-14(5-3-13)22(19,20)17-9-6-15(7-10-17)16-8-11-21-15/h2-5,17H,6-11H2,1H3;2-5H,6-11H2,1H3;3-4,11,16H,5-10H2,1-2H3;2-5,12,16,18H,6-11H2,1H3;2-5,16H,6-11H2,1H3. The number of carbonyl (C=O) groups is 4. The summed E-state index contributed by atoms with van der Waals surface area (Å²) in [6, 6.07) is 29.0. The van der Waals surface area contributed by atoms with Crippen molar-refractivity contribution >= 4 is 80.9 Å². The first-order chi connectivity index (χ1) is 53.7. The molecular weight excluding hydrogens is 1560 g/mol. The lowest BCUT2D eigenvalue weighted by Gasteiger charge is -2.43. The Hall–Kier alpha value is -6.99. The fourth-order valence-electron chi connectivity index (χ4n) is 15.7. The molecule has 32 nitrogen and oxygen atoms in total. The Morgan fingerprint density at radius 1 is 0.469 bits per heavy atom. The maximum absolute atomic E-state index is 12.8. The molecule has 5 aromatic carbocycles. The van der Waals surface area contributed by atoms with Gasteiger partial charge in [-0.3, -0.25) is 45.2 Å². The third-order valence-corrected chi connectivity index (χ3v) is 31.5. The van der Waals surface area contributed by atoms with Crippen molar-refractivity contribution in [1.82, 2.24) is 48.3 Å². The van der Waals surface area contributed by atoms with Gasteiger partial charge in [-0.1, -0.05) is 36.4 Å². The van der Waals surface area contributed by atoms with Gasteiger partial charge >= 0.3 is 0 Å². The zero-order valence-corrected chi connectivity index (χ0v) is 68.6. The fourth-order valence-corrected chi connectivity index (χ4v) is 23.0. The molecule has 0 radical (unpaired) electrons. The Morgan fingerprint density at radius 2 is 0.850 bits per heavy atom. The zero-order chi connectivity index (χ0) is 81.2. The minimum Gasteiger partial charge on any atom is -0.493 e. The lowest BCUT2D eigenvalue weighted by Crippen LogP contribution is -2.54. The molecule has 1 atom stereocenters. The van der Waals surface area contributed by atoms with Crippen LogP contribution < -0.4 is 30.7 Å². The summed E-state index contributed by atoms with van der Waals surface area (Å²) < 4.78 is 141. The average molecular weight is 1670 g/mol. The van der Waals surface area contributed by atoms with Crippen LogP contribution in [0.2, 0.25) is 0 Å². The van der Waals surface area contributed by atoms with E-state index in [-0.39, 0.29) is 70.7 Å². The van der Waals surface area contributed by atoms with Crippen LogP contribution in [0.15, 0.2) is 135 Å². The summed E-state index contributed by atoms with van der Waals surface area (Å²) in [7, 11) is -11.2. The number of nitrogens with one attached hydrogen (secondary N) is 4. The number of ketones is 2. The molecule has 10 heterocycles. The molecule has 10 aliphatic rings. The third-order valence-electron chi connectivity index (χ3n) is 22.4. The fraction of sp³-hybridized carbons (Fsp3) is 0.553. The highest BCUT2D eigenvalue weighted by Crippen LogP contribution is 2.45. The smallest absolute Gasteiger partial charge is 0.269 e. The quantitative estimate of drug-likeness (QED) is 0.0473. The molecule has 0 aromatic heterocycles. The van der Waals surface area contributed by atoms with Crippen LogP contribution in [0.5, 0.6) is 11.5 Å². The summed E-state index contributed by atoms with van der Waals surface area (Å²) in [4.78, 5) is 61.5. The number of sulfonamides is 4. The number of rotatable bonds is 15. The van der Waals surface area contributed by atoms with E-state index in [1.54, 1.807) is 98.4 Å². The van der Waals surface area contributed by atoms with E-state index in [4.69, 9.17) is 28.4 Å². The van der Waals surface area contributed by atoms with Crippen LogP contribution in [-0.4, -0.2) is 266 Å². The molecule has 618 valence electrons. The van der Waals surface area contributed by atoms with Gasteiger partial charge < -0.3 is 48.6 Å². The van der Waals surface area contributed by atoms with Crippen LogP contribution in [0, 0.1) is 10.1 Å². The van der Waals surface area contributed by atoms with Crippen molar-refractivity contribution in [3.8, 4) is 11.5 Å². The Balaban J connectivity index is 0.000000140. The SMILES string of the molecule is CC(=O)N1CCSC12CCN(S(=O)(=O)c1ccc([N+](=O)[O-])cc1)CC2.CC(=O)c1ccc(C(=O)N2CCOC23CCNCC3)cc1.CC(=O)c1ccc(S(=O)(=O)N2CCC3(CC2)NCCO3)cc1.CC(O)c1ccc(S(=O)(=O)N2CCC3(CC2)NCCO3)cc1.COc1ccc(S(=O)(=O)N2CCC3(CC2)NCCO3)cc1OC. The average Bonchev–Trinajstić information content (AvgIpc) is 1.59. The number of hydrogen-bond acceptors (Lipinski definition) is 26. The predicted octanol–water partition coefficient (Wildman–Crippen LogP) is 5.75. The van der Waals surface area contributed by atoms with Crippen molar-refractivity contribution in [2.24, 2.45) is 0 Å². The molecule has 0 aliphatic carbocycles. The maximum Gasteiger partial charge on any atom is 0.269 e. The van der Waals surface area contributed by atoms with Gasteiger partial charge in [0.15, 0.2) is 23.1 Å². The normalized spacial score (nSPS) is 21.7. The molecule has 2 amide bonds. The van der Waals surface area contributed by atoms with E-state index in [1.165, 1.54) is 87.8 Å². The summed E-state index contributed by atoms with van der Waals surface area (Å²) in [6.45, 7) is 17.7. The van der Waals surface area contributed by atoms with E-state index in [9.17, 15) is 68.1 Å². The summed E-state index contributed by atoms with van der Waals surface area (Å²) in [5, 5.41) is 33.5. The van der Waals surface area contributed by atoms with Gasteiger partial charge in [-0.25, -0.2) is 33.7 Å². The van der Waals surface area contributed by atoms with Crippen molar-refractivity contribution in [1.29, 1.82) is 0 Å². The Labute approximate surface area is 665 Å². The number of piperidine rings is 5. The number of hydrogen-bond donors (Lipinski definition) is 5. The first-order valence-electron chi connectivity index (χ1n) is 38.0.